The molecule has 0 aromatic rings. The van der Waals surface area contributed by atoms with E-state index < -0.39 is 17.1 Å². The van der Waals surface area contributed by atoms with Crippen molar-refractivity contribution in [3.05, 3.63) is 34.8 Å². The van der Waals surface area contributed by atoms with Crippen molar-refractivity contribution in [3.8, 4) is 0 Å². The van der Waals surface area contributed by atoms with E-state index in [2.05, 4.69) is 18.0 Å². The van der Waals surface area contributed by atoms with Crippen molar-refractivity contribution in [2.24, 2.45) is 11.3 Å². The summed E-state index contributed by atoms with van der Waals surface area (Å²) in [6, 6.07) is 0.363. The van der Waals surface area contributed by atoms with Crippen LogP contribution in [0, 0.1) is 11.3 Å². The minimum atomic E-state index is -1.21. The van der Waals surface area contributed by atoms with Crippen molar-refractivity contribution in [1.82, 2.24) is 4.90 Å². The summed E-state index contributed by atoms with van der Waals surface area (Å²) in [5.41, 5.74) is 0.923. The number of Topliss-reactive ketones (excluding diaryl/α,β-unsaturated/α-hetero) is 1. The Morgan fingerprint density at radius 1 is 1.42 bits per heavy atom. The van der Waals surface area contributed by atoms with Crippen LogP contribution in [0.1, 0.15) is 39.5 Å². The van der Waals surface area contributed by atoms with Crippen LogP contribution in [-0.4, -0.2) is 53.7 Å². The highest BCUT2D eigenvalue weighted by Crippen LogP contribution is 2.69. The van der Waals surface area contributed by atoms with Crippen LogP contribution in [0.5, 0.6) is 0 Å². The third-order valence-electron chi connectivity index (χ3n) is 7.48. The molecule has 5 heteroatoms. The van der Waals surface area contributed by atoms with Gasteiger partial charge < -0.3 is 19.5 Å². The second-order valence-electron chi connectivity index (χ2n) is 8.39. The normalized spacial score (nSPS) is 43.3. The zero-order valence-electron chi connectivity index (χ0n) is 15.7. The van der Waals surface area contributed by atoms with Crippen molar-refractivity contribution < 1.29 is 19.4 Å². The zero-order chi connectivity index (χ0) is 18.3. The van der Waals surface area contributed by atoms with Gasteiger partial charge in [0.1, 0.15) is 11.9 Å². The minimum absolute atomic E-state index is 0.0749. The molecule has 2 bridgehead atoms. The molecule has 140 valence electrons. The fourth-order valence-corrected chi connectivity index (χ4v) is 6.50. The first-order valence-corrected chi connectivity index (χ1v) is 9.83. The summed E-state index contributed by atoms with van der Waals surface area (Å²) < 4.78 is 12.4. The summed E-state index contributed by atoms with van der Waals surface area (Å²) in [6.45, 7) is 5.05. The van der Waals surface area contributed by atoms with Crippen LogP contribution in [0.3, 0.4) is 0 Å². The van der Waals surface area contributed by atoms with Gasteiger partial charge in [-0.05, 0) is 46.7 Å². The molecule has 5 nitrogen and oxygen atoms in total. The van der Waals surface area contributed by atoms with E-state index in [4.69, 9.17) is 9.47 Å². The summed E-state index contributed by atoms with van der Waals surface area (Å²) in [6.07, 6.45) is 6.64. The fraction of sp³-hybridized carbons (Fsp3) is 0.667. The van der Waals surface area contributed by atoms with E-state index in [-0.39, 0.29) is 11.7 Å². The zero-order valence-corrected chi connectivity index (χ0v) is 15.7. The third kappa shape index (κ3) is 1.63. The predicted molar refractivity (Wildman–Crippen MR) is 96.1 cm³/mol. The standard InChI is InChI=1S/C21H27NO4/c1-4-25-16-7-5-13-11-15-14-6-8-17(24)21(12(2)23)20(14,9-10-22(15)3)18(13)19(16)26-21/h6,8,14-15,17,24H,4-5,7,9-11H2,1-3H3/t14-,15+,17-,20-,21-/m0/s1. The second kappa shape index (κ2) is 5.23. The van der Waals surface area contributed by atoms with Gasteiger partial charge in [0, 0.05) is 24.0 Å². The van der Waals surface area contributed by atoms with E-state index in [9.17, 15) is 9.90 Å². The summed E-state index contributed by atoms with van der Waals surface area (Å²) >= 11 is 0. The number of allylic oxidation sites excluding steroid dienone is 2. The van der Waals surface area contributed by atoms with Crippen molar-refractivity contribution in [2.75, 3.05) is 20.2 Å². The highest BCUT2D eigenvalue weighted by atomic mass is 16.6. The summed E-state index contributed by atoms with van der Waals surface area (Å²) in [4.78, 5) is 15.5. The summed E-state index contributed by atoms with van der Waals surface area (Å²) in [5.74, 6) is 1.73. The molecule has 0 radical (unpaired) electrons. The number of rotatable bonds is 3. The number of ether oxygens (including phenoxy) is 2. The van der Waals surface area contributed by atoms with Crippen molar-refractivity contribution >= 4 is 5.78 Å². The SMILES string of the molecule is CCOC1=C2O[C@@]3(C(C)=O)[C@@H](O)C=C[C@H]4[C@H]5CC(=C2[C@]43CCN5C)CC1. The number of hydrogen-bond acceptors (Lipinski definition) is 5. The Morgan fingerprint density at radius 2 is 2.23 bits per heavy atom. The minimum Gasteiger partial charge on any atom is -0.494 e. The quantitative estimate of drug-likeness (QED) is 0.786. The lowest BCUT2D eigenvalue weighted by Crippen LogP contribution is -2.69. The molecule has 0 saturated carbocycles. The molecule has 0 aromatic carbocycles. The van der Waals surface area contributed by atoms with E-state index in [1.54, 1.807) is 13.0 Å². The van der Waals surface area contributed by atoms with Crippen LogP contribution in [0.15, 0.2) is 34.8 Å². The van der Waals surface area contributed by atoms with Gasteiger partial charge in [0.2, 0.25) is 5.60 Å². The molecule has 5 atom stereocenters. The molecule has 0 amide bonds. The Bertz CT molecular complexity index is 781. The van der Waals surface area contributed by atoms with Gasteiger partial charge in [0.15, 0.2) is 11.5 Å². The van der Waals surface area contributed by atoms with Crippen LogP contribution in [-0.2, 0) is 14.3 Å². The highest BCUT2D eigenvalue weighted by Gasteiger charge is 2.75. The van der Waals surface area contributed by atoms with E-state index in [0.717, 1.165) is 43.7 Å². The maximum Gasteiger partial charge on any atom is 0.206 e. The third-order valence-corrected chi connectivity index (χ3v) is 7.48. The second-order valence-corrected chi connectivity index (χ2v) is 8.39. The number of aliphatic hydroxyl groups excluding tert-OH is 1. The number of carbonyl (C=O) groups is 1. The molecule has 1 spiro atoms. The van der Waals surface area contributed by atoms with Crippen LogP contribution < -0.4 is 0 Å². The highest BCUT2D eigenvalue weighted by molar-refractivity contribution is 5.90. The number of piperidine rings is 1. The van der Waals surface area contributed by atoms with Gasteiger partial charge in [-0.25, -0.2) is 0 Å². The van der Waals surface area contributed by atoms with E-state index in [1.165, 1.54) is 11.1 Å². The van der Waals surface area contributed by atoms with Crippen molar-refractivity contribution in [1.29, 1.82) is 0 Å². The number of ketones is 1. The number of hydrogen-bond donors (Lipinski definition) is 1. The number of likely N-dealkylation sites (tertiary alicyclic amines) is 1. The molecular formula is C21H27NO4. The maximum atomic E-state index is 13.1. The molecule has 0 unspecified atom stereocenters. The Morgan fingerprint density at radius 3 is 2.96 bits per heavy atom. The number of aliphatic hydroxyl groups is 1. The van der Waals surface area contributed by atoms with Crippen LogP contribution in [0.4, 0.5) is 0 Å². The van der Waals surface area contributed by atoms with Gasteiger partial charge in [0.25, 0.3) is 0 Å². The topological polar surface area (TPSA) is 59.0 Å². The molecule has 26 heavy (non-hydrogen) atoms. The largest absolute Gasteiger partial charge is 0.494 e. The molecule has 2 aliphatic heterocycles. The van der Waals surface area contributed by atoms with E-state index in [1.807, 2.05) is 6.92 Å². The molecule has 1 N–H and O–H groups in total. The van der Waals surface area contributed by atoms with Crippen molar-refractivity contribution in [2.45, 2.75) is 57.3 Å². The van der Waals surface area contributed by atoms with Gasteiger partial charge >= 0.3 is 0 Å². The fourth-order valence-electron chi connectivity index (χ4n) is 6.50. The Kier molecular flexibility index (Phi) is 3.33. The molecule has 5 rings (SSSR count). The first-order valence-electron chi connectivity index (χ1n) is 9.83. The first-order chi connectivity index (χ1) is 12.5. The van der Waals surface area contributed by atoms with Crippen LogP contribution in [0.25, 0.3) is 0 Å². The van der Waals surface area contributed by atoms with Crippen LogP contribution in [0.2, 0.25) is 0 Å². The molecule has 2 heterocycles. The van der Waals surface area contributed by atoms with Gasteiger partial charge in [-0.3, -0.25) is 4.79 Å². The lowest BCUT2D eigenvalue weighted by molar-refractivity contribution is -0.176. The lowest BCUT2D eigenvalue weighted by Gasteiger charge is -2.60. The molecular weight excluding hydrogens is 330 g/mol. The molecule has 5 aliphatic rings. The number of nitrogens with zero attached hydrogens (tertiary/aromatic N) is 1. The predicted octanol–water partition coefficient (Wildman–Crippen LogP) is 2.32. The van der Waals surface area contributed by atoms with Gasteiger partial charge in [-0.1, -0.05) is 17.7 Å². The summed E-state index contributed by atoms with van der Waals surface area (Å²) in [5, 5.41) is 11.0. The maximum absolute atomic E-state index is 13.1. The van der Waals surface area contributed by atoms with Crippen LogP contribution >= 0.6 is 0 Å². The molecule has 2 saturated heterocycles. The average molecular weight is 357 g/mol. The smallest absolute Gasteiger partial charge is 0.206 e. The monoisotopic (exact) mass is 357 g/mol. The van der Waals surface area contributed by atoms with Gasteiger partial charge in [-0.2, -0.15) is 0 Å². The summed E-state index contributed by atoms with van der Waals surface area (Å²) in [7, 11) is 2.18. The number of carbonyl (C=O) groups excluding carboxylic acids is 1. The average Bonchev–Trinajstić information content (AvgIpc) is 2.94. The Hall–Kier alpha value is -1.59. The van der Waals surface area contributed by atoms with E-state index >= 15 is 0 Å². The Labute approximate surface area is 154 Å². The van der Waals surface area contributed by atoms with Crippen molar-refractivity contribution in [3.63, 3.8) is 0 Å². The molecule has 2 fully saturated rings. The van der Waals surface area contributed by atoms with Gasteiger partial charge in [0.05, 0.1) is 12.0 Å². The van der Waals surface area contributed by atoms with E-state index in [0.29, 0.717) is 12.6 Å². The molecule has 3 aliphatic carbocycles. The molecule has 0 aromatic heterocycles. The first kappa shape index (κ1) is 16.6. The Balaban J connectivity index is 1.84. The lowest BCUT2D eigenvalue weighted by atomic mass is 9.47. The van der Waals surface area contributed by atoms with Gasteiger partial charge in [-0.15, -0.1) is 0 Å².